The van der Waals surface area contributed by atoms with Crippen LogP contribution in [0.1, 0.15) is 42.9 Å². The van der Waals surface area contributed by atoms with Gasteiger partial charge in [-0.25, -0.2) is 9.36 Å². The highest BCUT2D eigenvalue weighted by atomic mass is 16.5. The van der Waals surface area contributed by atoms with Crippen LogP contribution in [-0.4, -0.2) is 21.1 Å². The van der Waals surface area contributed by atoms with E-state index in [9.17, 15) is 14.4 Å². The van der Waals surface area contributed by atoms with Crippen LogP contribution in [-0.2, 0) is 22.9 Å². The SMILES string of the molecule is Cc1cn(C2CCC3CC(=O)NC2C3)c(=O)n(COCc2ccccc2)c1=O. The molecule has 1 N–H and O–H groups in total. The normalized spacial score (nSPS) is 24.0. The summed E-state index contributed by atoms with van der Waals surface area (Å²) in [6.45, 7) is 1.93. The highest BCUT2D eigenvalue weighted by molar-refractivity contribution is 5.77. The van der Waals surface area contributed by atoms with E-state index < -0.39 is 0 Å². The highest BCUT2D eigenvalue weighted by Gasteiger charge is 2.38. The van der Waals surface area contributed by atoms with Gasteiger partial charge in [0.05, 0.1) is 12.6 Å². The molecule has 1 saturated carbocycles. The van der Waals surface area contributed by atoms with Crippen LogP contribution in [0.3, 0.4) is 0 Å². The predicted molar refractivity (Wildman–Crippen MR) is 104 cm³/mol. The summed E-state index contributed by atoms with van der Waals surface area (Å²) in [5.41, 5.74) is 0.751. The summed E-state index contributed by atoms with van der Waals surface area (Å²) in [6.07, 6.45) is 4.82. The number of benzene rings is 1. The molecule has 1 aromatic carbocycles. The van der Waals surface area contributed by atoms with Crippen molar-refractivity contribution in [1.29, 1.82) is 0 Å². The van der Waals surface area contributed by atoms with E-state index in [4.69, 9.17) is 4.74 Å². The van der Waals surface area contributed by atoms with Crippen LogP contribution in [0.4, 0.5) is 0 Å². The summed E-state index contributed by atoms with van der Waals surface area (Å²) in [5, 5.41) is 3.02. The Hall–Kier alpha value is -2.67. The Morgan fingerprint density at radius 1 is 1.14 bits per heavy atom. The summed E-state index contributed by atoms with van der Waals surface area (Å²) in [7, 11) is 0. The number of nitrogens with one attached hydrogen (secondary N) is 1. The topological polar surface area (TPSA) is 82.3 Å². The fraction of sp³-hybridized carbons (Fsp3) is 0.476. The third-order valence-electron chi connectivity index (χ3n) is 5.80. The van der Waals surface area contributed by atoms with Gasteiger partial charge in [0.15, 0.2) is 0 Å². The number of carbonyl (C=O) groups excluding carboxylic acids is 1. The van der Waals surface area contributed by atoms with Gasteiger partial charge in [0, 0.05) is 24.2 Å². The lowest BCUT2D eigenvalue weighted by Gasteiger charge is -2.41. The zero-order valence-corrected chi connectivity index (χ0v) is 16.0. The third-order valence-corrected chi connectivity index (χ3v) is 5.80. The average Bonchev–Trinajstić information content (AvgIpc) is 2.68. The molecule has 4 rings (SSSR count). The van der Waals surface area contributed by atoms with Crippen LogP contribution >= 0.6 is 0 Å². The molecule has 1 aliphatic carbocycles. The van der Waals surface area contributed by atoms with Crippen LogP contribution in [0.5, 0.6) is 0 Å². The molecule has 0 spiro atoms. The van der Waals surface area contributed by atoms with E-state index in [2.05, 4.69) is 5.32 Å². The van der Waals surface area contributed by atoms with Crippen molar-refractivity contribution in [1.82, 2.24) is 14.5 Å². The molecule has 1 aliphatic heterocycles. The lowest BCUT2D eigenvalue weighted by molar-refractivity contribution is -0.126. The Morgan fingerprint density at radius 2 is 1.93 bits per heavy atom. The van der Waals surface area contributed by atoms with E-state index in [1.54, 1.807) is 17.7 Å². The molecule has 3 unspecified atom stereocenters. The van der Waals surface area contributed by atoms with Gasteiger partial charge >= 0.3 is 5.69 Å². The lowest BCUT2D eigenvalue weighted by atomic mass is 9.77. The van der Waals surface area contributed by atoms with Crippen molar-refractivity contribution in [2.24, 2.45) is 5.92 Å². The first kappa shape index (κ1) is 18.7. The van der Waals surface area contributed by atoms with Crippen molar-refractivity contribution in [2.75, 3.05) is 0 Å². The number of ether oxygens (including phenoxy) is 1. The first-order valence-electron chi connectivity index (χ1n) is 9.76. The fourth-order valence-electron chi connectivity index (χ4n) is 4.38. The van der Waals surface area contributed by atoms with Gasteiger partial charge in [0.2, 0.25) is 5.91 Å². The summed E-state index contributed by atoms with van der Waals surface area (Å²) in [5.74, 6) is 0.446. The number of rotatable bonds is 5. The maximum absolute atomic E-state index is 13.1. The van der Waals surface area contributed by atoms with Gasteiger partial charge < -0.3 is 10.1 Å². The van der Waals surface area contributed by atoms with Gasteiger partial charge in [-0.15, -0.1) is 0 Å². The number of piperidine rings is 1. The molecule has 1 aromatic heterocycles. The quantitative estimate of drug-likeness (QED) is 0.852. The van der Waals surface area contributed by atoms with Crippen molar-refractivity contribution in [2.45, 2.75) is 58.0 Å². The summed E-state index contributed by atoms with van der Waals surface area (Å²) in [4.78, 5) is 37.5. The Balaban J connectivity index is 1.58. The van der Waals surface area contributed by atoms with E-state index in [0.717, 1.165) is 29.4 Å². The van der Waals surface area contributed by atoms with Crippen molar-refractivity contribution in [3.8, 4) is 0 Å². The van der Waals surface area contributed by atoms with Crippen LogP contribution < -0.4 is 16.6 Å². The number of fused-ring (bicyclic) bond motifs is 2. The van der Waals surface area contributed by atoms with Gasteiger partial charge in [-0.3, -0.25) is 14.2 Å². The molecule has 1 amide bonds. The van der Waals surface area contributed by atoms with E-state index >= 15 is 0 Å². The summed E-state index contributed by atoms with van der Waals surface area (Å²) in [6, 6.07) is 9.43. The fourth-order valence-corrected chi connectivity index (χ4v) is 4.38. The largest absolute Gasteiger partial charge is 0.356 e. The van der Waals surface area contributed by atoms with Gasteiger partial charge in [0.1, 0.15) is 6.73 Å². The van der Waals surface area contributed by atoms with Gasteiger partial charge in [-0.05, 0) is 37.7 Å². The maximum Gasteiger partial charge on any atom is 0.333 e. The molecule has 2 fully saturated rings. The molecule has 0 radical (unpaired) electrons. The maximum atomic E-state index is 13.1. The molecule has 3 atom stereocenters. The molecular weight excluding hydrogens is 358 g/mol. The Morgan fingerprint density at radius 3 is 2.71 bits per heavy atom. The average molecular weight is 383 g/mol. The van der Waals surface area contributed by atoms with Crippen molar-refractivity contribution < 1.29 is 9.53 Å². The van der Waals surface area contributed by atoms with E-state index in [1.807, 2.05) is 30.3 Å². The van der Waals surface area contributed by atoms with E-state index in [-0.39, 0.29) is 36.0 Å². The zero-order valence-electron chi connectivity index (χ0n) is 16.0. The lowest BCUT2D eigenvalue weighted by Crippen LogP contribution is -2.53. The molecule has 2 aliphatic rings. The molecule has 28 heavy (non-hydrogen) atoms. The van der Waals surface area contributed by atoms with Crippen LogP contribution in [0.2, 0.25) is 0 Å². The molecular formula is C21H25N3O4. The molecule has 148 valence electrons. The predicted octanol–water partition coefficient (Wildman–Crippen LogP) is 1.72. The van der Waals surface area contributed by atoms with Crippen molar-refractivity contribution in [3.05, 3.63) is 68.5 Å². The van der Waals surface area contributed by atoms with Gasteiger partial charge in [-0.2, -0.15) is 0 Å². The first-order chi connectivity index (χ1) is 13.5. The standard InChI is InChI=1S/C21H25N3O4/c1-14-11-23(18-8-7-16-9-17(18)22-19(25)10-16)21(27)24(20(14)26)13-28-12-15-5-3-2-4-6-15/h2-6,11,16-18H,7-10,12-13H2,1H3,(H,22,25). The molecule has 1 saturated heterocycles. The number of nitrogens with zero attached hydrogens (tertiary/aromatic N) is 2. The smallest absolute Gasteiger partial charge is 0.333 e. The van der Waals surface area contributed by atoms with Gasteiger partial charge in [0.25, 0.3) is 5.56 Å². The summed E-state index contributed by atoms with van der Waals surface area (Å²) < 4.78 is 8.41. The van der Waals surface area contributed by atoms with Crippen molar-refractivity contribution in [3.63, 3.8) is 0 Å². The second-order valence-corrected chi connectivity index (χ2v) is 7.82. The molecule has 2 aromatic rings. The Labute approximate surface area is 162 Å². The minimum absolute atomic E-state index is 0.0511. The van der Waals surface area contributed by atoms with E-state index in [0.29, 0.717) is 24.5 Å². The molecule has 2 bridgehead atoms. The van der Waals surface area contributed by atoms with Crippen LogP contribution in [0.25, 0.3) is 0 Å². The van der Waals surface area contributed by atoms with Crippen LogP contribution in [0, 0.1) is 12.8 Å². The highest BCUT2D eigenvalue weighted by Crippen LogP contribution is 2.36. The van der Waals surface area contributed by atoms with E-state index in [1.165, 1.54) is 0 Å². The number of amides is 1. The number of aromatic nitrogens is 2. The number of hydrogen-bond acceptors (Lipinski definition) is 4. The second kappa shape index (κ2) is 7.75. The number of hydrogen-bond donors (Lipinski definition) is 1. The number of aryl methyl sites for hydroxylation is 1. The number of carbonyl (C=O) groups is 1. The first-order valence-corrected chi connectivity index (χ1v) is 9.76. The van der Waals surface area contributed by atoms with Crippen LogP contribution in [0.15, 0.2) is 46.1 Å². The van der Waals surface area contributed by atoms with Gasteiger partial charge in [-0.1, -0.05) is 30.3 Å². The Kier molecular flexibility index (Phi) is 5.17. The minimum atomic E-state index is -0.382. The summed E-state index contributed by atoms with van der Waals surface area (Å²) >= 11 is 0. The minimum Gasteiger partial charge on any atom is -0.356 e. The molecule has 7 heteroatoms. The second-order valence-electron chi connectivity index (χ2n) is 7.82. The Bertz CT molecular complexity index is 979. The zero-order chi connectivity index (χ0) is 19.7. The third kappa shape index (κ3) is 3.67. The molecule has 2 heterocycles. The monoisotopic (exact) mass is 383 g/mol. The van der Waals surface area contributed by atoms with Crippen molar-refractivity contribution >= 4 is 5.91 Å². The molecule has 7 nitrogen and oxygen atoms in total.